The van der Waals surface area contributed by atoms with Crippen molar-refractivity contribution in [1.82, 2.24) is 5.32 Å². The van der Waals surface area contributed by atoms with Crippen LogP contribution in [0.15, 0.2) is 42.5 Å². The monoisotopic (exact) mass is 323 g/mol. The number of carbonyl (C=O) groups is 1. The molecule has 0 bridgehead atoms. The molecule has 0 fully saturated rings. The maximum Gasteiger partial charge on any atom is 0.220 e. The maximum absolute atomic E-state index is 13.1. The number of halogens is 3. The predicted molar refractivity (Wildman–Crippen MR) is 82.7 cm³/mol. The van der Waals surface area contributed by atoms with Crippen LogP contribution in [0.1, 0.15) is 30.5 Å². The van der Waals surface area contributed by atoms with Crippen LogP contribution in [0.4, 0.5) is 8.78 Å². The minimum Gasteiger partial charge on any atom is -0.350 e. The molecule has 1 amide bonds. The number of amides is 1. The van der Waals surface area contributed by atoms with E-state index in [1.54, 1.807) is 12.1 Å². The van der Waals surface area contributed by atoms with Crippen LogP contribution in [0, 0.1) is 11.6 Å². The zero-order valence-electron chi connectivity index (χ0n) is 12.1. The average molecular weight is 324 g/mol. The summed E-state index contributed by atoms with van der Waals surface area (Å²) in [5.41, 5.74) is 1.50. The average Bonchev–Trinajstić information content (AvgIpc) is 2.48. The molecule has 0 aliphatic carbocycles. The van der Waals surface area contributed by atoms with E-state index in [9.17, 15) is 13.6 Å². The van der Waals surface area contributed by atoms with E-state index in [-0.39, 0.29) is 18.4 Å². The molecular weight excluding hydrogens is 308 g/mol. The zero-order chi connectivity index (χ0) is 16.1. The van der Waals surface area contributed by atoms with Crippen molar-refractivity contribution in [2.45, 2.75) is 25.8 Å². The first-order chi connectivity index (χ1) is 10.5. The quantitative estimate of drug-likeness (QED) is 0.866. The molecule has 0 radical (unpaired) electrons. The van der Waals surface area contributed by atoms with Gasteiger partial charge in [-0.1, -0.05) is 29.8 Å². The van der Waals surface area contributed by atoms with Gasteiger partial charge < -0.3 is 5.32 Å². The van der Waals surface area contributed by atoms with Crippen LogP contribution in [0.3, 0.4) is 0 Å². The number of benzene rings is 2. The van der Waals surface area contributed by atoms with Gasteiger partial charge in [-0.25, -0.2) is 8.78 Å². The minimum absolute atomic E-state index is 0.155. The predicted octanol–water partition coefficient (Wildman–Crippen LogP) is 4.43. The molecule has 0 aromatic heterocycles. The van der Waals surface area contributed by atoms with Gasteiger partial charge in [-0.2, -0.15) is 0 Å². The van der Waals surface area contributed by atoms with E-state index in [1.165, 1.54) is 6.07 Å². The fourth-order valence-corrected chi connectivity index (χ4v) is 2.32. The van der Waals surface area contributed by atoms with Gasteiger partial charge in [0, 0.05) is 11.4 Å². The second kappa shape index (κ2) is 7.36. The zero-order valence-corrected chi connectivity index (χ0v) is 12.8. The summed E-state index contributed by atoms with van der Waals surface area (Å²) in [6.07, 6.45) is 0.557. The van der Waals surface area contributed by atoms with Gasteiger partial charge in [0.15, 0.2) is 11.6 Å². The van der Waals surface area contributed by atoms with Gasteiger partial charge >= 0.3 is 0 Å². The number of aryl methyl sites for hydroxylation is 1. The lowest BCUT2D eigenvalue weighted by atomic mass is 10.1. The molecule has 2 aromatic rings. The highest BCUT2D eigenvalue weighted by atomic mass is 35.5. The molecule has 0 aliphatic rings. The van der Waals surface area contributed by atoms with Crippen LogP contribution in [0.2, 0.25) is 5.02 Å². The van der Waals surface area contributed by atoms with E-state index in [4.69, 9.17) is 11.6 Å². The van der Waals surface area contributed by atoms with E-state index in [0.29, 0.717) is 17.0 Å². The lowest BCUT2D eigenvalue weighted by Crippen LogP contribution is -2.26. The molecule has 22 heavy (non-hydrogen) atoms. The van der Waals surface area contributed by atoms with Crippen LogP contribution in [0.5, 0.6) is 0 Å². The molecular formula is C17H16ClF2NO. The summed E-state index contributed by atoms with van der Waals surface area (Å²) in [6, 6.07) is 10.8. The van der Waals surface area contributed by atoms with E-state index < -0.39 is 11.6 Å². The molecule has 0 spiro atoms. The number of carbonyl (C=O) groups excluding carboxylic acids is 1. The van der Waals surface area contributed by atoms with E-state index in [1.807, 2.05) is 19.1 Å². The molecule has 0 unspecified atom stereocenters. The first kappa shape index (κ1) is 16.4. The Morgan fingerprint density at radius 3 is 2.64 bits per heavy atom. The molecule has 5 heteroatoms. The van der Waals surface area contributed by atoms with Crippen molar-refractivity contribution < 1.29 is 13.6 Å². The fourth-order valence-electron chi connectivity index (χ4n) is 2.13. The summed E-state index contributed by atoms with van der Waals surface area (Å²) in [5, 5.41) is 3.47. The normalized spacial score (nSPS) is 12.0. The number of hydrogen-bond acceptors (Lipinski definition) is 1. The Morgan fingerprint density at radius 1 is 1.18 bits per heavy atom. The Kier molecular flexibility index (Phi) is 5.50. The van der Waals surface area contributed by atoms with Gasteiger partial charge in [-0.05, 0) is 48.7 Å². The van der Waals surface area contributed by atoms with Crippen molar-refractivity contribution in [3.05, 3.63) is 70.2 Å². The van der Waals surface area contributed by atoms with Crippen molar-refractivity contribution >= 4 is 17.5 Å². The lowest BCUT2D eigenvalue weighted by molar-refractivity contribution is -0.121. The Balaban J connectivity index is 1.88. The van der Waals surface area contributed by atoms with Crippen LogP contribution >= 0.6 is 11.6 Å². The Bertz CT molecular complexity index is 675. The fraction of sp³-hybridized carbons (Fsp3) is 0.235. The summed E-state index contributed by atoms with van der Waals surface area (Å²) >= 11 is 5.92. The SMILES string of the molecule is C[C@H](NC(=O)CCc1ccc(F)c(F)c1)c1cccc(Cl)c1. The highest BCUT2D eigenvalue weighted by Crippen LogP contribution is 2.17. The number of hydrogen-bond donors (Lipinski definition) is 1. The van der Waals surface area contributed by atoms with Gasteiger partial charge in [-0.15, -0.1) is 0 Å². The lowest BCUT2D eigenvalue weighted by Gasteiger charge is -2.14. The maximum atomic E-state index is 13.1. The molecule has 0 aliphatic heterocycles. The van der Waals surface area contributed by atoms with Crippen LogP contribution in [-0.2, 0) is 11.2 Å². The largest absolute Gasteiger partial charge is 0.350 e. The van der Waals surface area contributed by atoms with Crippen LogP contribution in [0.25, 0.3) is 0 Å². The summed E-state index contributed by atoms with van der Waals surface area (Å²) < 4.78 is 25.9. The minimum atomic E-state index is -0.898. The first-order valence-electron chi connectivity index (χ1n) is 6.94. The second-order valence-electron chi connectivity index (χ2n) is 5.09. The molecule has 0 saturated heterocycles. The first-order valence-corrected chi connectivity index (χ1v) is 7.32. The van der Waals surface area contributed by atoms with E-state index in [0.717, 1.165) is 17.7 Å². The Morgan fingerprint density at radius 2 is 1.95 bits per heavy atom. The van der Waals surface area contributed by atoms with Crippen molar-refractivity contribution in [2.24, 2.45) is 0 Å². The Hall–Kier alpha value is -1.94. The number of rotatable bonds is 5. The highest BCUT2D eigenvalue weighted by molar-refractivity contribution is 6.30. The van der Waals surface area contributed by atoms with Gasteiger partial charge in [0.25, 0.3) is 0 Å². The molecule has 1 N–H and O–H groups in total. The van der Waals surface area contributed by atoms with Crippen LogP contribution in [-0.4, -0.2) is 5.91 Å². The van der Waals surface area contributed by atoms with Gasteiger partial charge in [0.2, 0.25) is 5.91 Å². The van der Waals surface area contributed by atoms with Crippen molar-refractivity contribution in [3.63, 3.8) is 0 Å². The third-order valence-electron chi connectivity index (χ3n) is 3.35. The molecule has 0 saturated carbocycles. The third kappa shape index (κ3) is 4.53. The van der Waals surface area contributed by atoms with Crippen molar-refractivity contribution in [1.29, 1.82) is 0 Å². The summed E-state index contributed by atoms with van der Waals surface area (Å²) in [7, 11) is 0. The standard InChI is InChI=1S/C17H16ClF2NO/c1-11(13-3-2-4-14(18)10-13)21-17(22)8-6-12-5-7-15(19)16(20)9-12/h2-5,7,9-11H,6,8H2,1H3,(H,21,22)/t11-/m0/s1. The van der Waals surface area contributed by atoms with Crippen molar-refractivity contribution in [3.8, 4) is 0 Å². The summed E-state index contributed by atoms with van der Waals surface area (Å²) in [5.74, 6) is -1.94. The van der Waals surface area contributed by atoms with Gasteiger partial charge in [0.1, 0.15) is 0 Å². The van der Waals surface area contributed by atoms with E-state index in [2.05, 4.69) is 5.32 Å². The number of nitrogens with one attached hydrogen (secondary N) is 1. The molecule has 2 rings (SSSR count). The van der Waals surface area contributed by atoms with Crippen LogP contribution < -0.4 is 5.32 Å². The topological polar surface area (TPSA) is 29.1 Å². The molecule has 2 nitrogen and oxygen atoms in total. The highest BCUT2D eigenvalue weighted by Gasteiger charge is 2.10. The molecule has 2 aromatic carbocycles. The molecule has 0 heterocycles. The van der Waals surface area contributed by atoms with E-state index >= 15 is 0 Å². The summed E-state index contributed by atoms with van der Waals surface area (Å²) in [6.45, 7) is 1.86. The van der Waals surface area contributed by atoms with Crippen molar-refractivity contribution in [2.75, 3.05) is 0 Å². The second-order valence-corrected chi connectivity index (χ2v) is 5.53. The third-order valence-corrected chi connectivity index (χ3v) is 3.59. The molecule has 1 atom stereocenters. The Labute approximate surface area is 133 Å². The van der Waals surface area contributed by atoms with Gasteiger partial charge in [0.05, 0.1) is 6.04 Å². The molecule has 116 valence electrons. The smallest absolute Gasteiger partial charge is 0.220 e. The summed E-state index contributed by atoms with van der Waals surface area (Å²) in [4.78, 5) is 11.9. The van der Waals surface area contributed by atoms with Gasteiger partial charge in [-0.3, -0.25) is 4.79 Å².